The number of anilines is 1. The zero-order chi connectivity index (χ0) is 18.2. The van der Waals surface area contributed by atoms with Gasteiger partial charge in [0.15, 0.2) is 0 Å². The zero-order valence-electron chi connectivity index (χ0n) is 14.4. The van der Waals surface area contributed by atoms with Crippen LogP contribution in [0.1, 0.15) is 28.8 Å². The molecule has 0 bridgehead atoms. The number of nitrogens with one attached hydrogen (secondary N) is 2. The molecule has 2 rings (SSSR count). The van der Waals surface area contributed by atoms with E-state index >= 15 is 0 Å². The van der Waals surface area contributed by atoms with Crippen LogP contribution in [0.5, 0.6) is 5.75 Å². The zero-order valence-corrected chi connectivity index (χ0v) is 14.4. The van der Waals surface area contributed by atoms with Gasteiger partial charge in [-0.05, 0) is 36.8 Å². The van der Waals surface area contributed by atoms with Crippen LogP contribution >= 0.6 is 0 Å². The molecule has 0 aliphatic carbocycles. The van der Waals surface area contributed by atoms with E-state index in [2.05, 4.69) is 10.6 Å². The third-order valence-electron chi connectivity index (χ3n) is 3.86. The highest BCUT2D eigenvalue weighted by Gasteiger charge is 2.15. The molecule has 2 aromatic rings. The van der Waals surface area contributed by atoms with Gasteiger partial charge in [0, 0.05) is 18.8 Å². The molecule has 0 radical (unpaired) electrons. The molecule has 2 aromatic carbocycles. The Balaban J connectivity index is 2.05. The largest absolute Gasteiger partial charge is 0.496 e. The molecule has 0 fully saturated rings. The number of amides is 2. The van der Waals surface area contributed by atoms with Crippen LogP contribution in [0.4, 0.5) is 5.69 Å². The number of para-hydroxylation sites is 1. The number of carbonyl (C=O) groups excluding carboxylic acids is 2. The second-order valence-corrected chi connectivity index (χ2v) is 5.58. The van der Waals surface area contributed by atoms with Crippen molar-refractivity contribution < 1.29 is 14.3 Å². The summed E-state index contributed by atoms with van der Waals surface area (Å²) in [6, 6.07) is 14.2. The maximum absolute atomic E-state index is 12.4. The Kier molecular flexibility index (Phi) is 6.54. The summed E-state index contributed by atoms with van der Waals surface area (Å²) in [7, 11) is 1.53. The lowest BCUT2D eigenvalue weighted by atomic mass is 10.00. The maximum atomic E-state index is 12.4. The molecule has 2 amide bonds. The first kappa shape index (κ1) is 18.5. The van der Waals surface area contributed by atoms with Crippen molar-refractivity contribution in [3.8, 4) is 5.75 Å². The van der Waals surface area contributed by atoms with E-state index in [-0.39, 0.29) is 17.7 Å². The fraction of sp³-hybridized carbons (Fsp3) is 0.263. The van der Waals surface area contributed by atoms with Crippen LogP contribution in [0.15, 0.2) is 48.5 Å². The van der Waals surface area contributed by atoms with Gasteiger partial charge in [0.1, 0.15) is 5.75 Å². The number of carbonyl (C=O) groups is 2. The molecule has 25 heavy (non-hydrogen) atoms. The first-order valence-corrected chi connectivity index (χ1v) is 8.09. The fourth-order valence-corrected chi connectivity index (χ4v) is 2.39. The standard InChI is InChI=1S/C19H23N3O3/c1-13(18(23)21-12-11-20)14-7-9-15(10-8-14)22-19(24)16-5-3-4-6-17(16)25-2/h3-10,13H,11-12,20H2,1-2H3,(H,21,23)(H,22,24). The lowest BCUT2D eigenvalue weighted by Crippen LogP contribution is -2.32. The predicted molar refractivity (Wildman–Crippen MR) is 97.9 cm³/mol. The van der Waals surface area contributed by atoms with E-state index in [1.807, 2.05) is 25.1 Å². The second-order valence-electron chi connectivity index (χ2n) is 5.58. The molecule has 0 aromatic heterocycles. The monoisotopic (exact) mass is 341 g/mol. The highest BCUT2D eigenvalue weighted by Crippen LogP contribution is 2.21. The SMILES string of the molecule is COc1ccccc1C(=O)Nc1ccc(C(C)C(=O)NCCN)cc1. The summed E-state index contributed by atoms with van der Waals surface area (Å²) in [4.78, 5) is 24.3. The Labute approximate surface area is 147 Å². The van der Waals surface area contributed by atoms with E-state index in [0.29, 0.717) is 30.1 Å². The van der Waals surface area contributed by atoms with Gasteiger partial charge in [0.05, 0.1) is 18.6 Å². The minimum absolute atomic E-state index is 0.0729. The number of rotatable bonds is 7. The predicted octanol–water partition coefficient (Wildman–Crippen LogP) is 2.13. The van der Waals surface area contributed by atoms with Crippen molar-refractivity contribution in [3.05, 3.63) is 59.7 Å². The van der Waals surface area contributed by atoms with E-state index in [0.717, 1.165) is 5.56 Å². The van der Waals surface area contributed by atoms with Crippen LogP contribution in [0.25, 0.3) is 0 Å². The van der Waals surface area contributed by atoms with Gasteiger partial charge in [0.2, 0.25) is 5.91 Å². The summed E-state index contributed by atoms with van der Waals surface area (Å²) >= 11 is 0. The summed E-state index contributed by atoms with van der Waals surface area (Å²) in [5.74, 6) is -0.0949. The van der Waals surface area contributed by atoms with E-state index in [4.69, 9.17) is 10.5 Å². The van der Waals surface area contributed by atoms with Crippen molar-refractivity contribution in [2.24, 2.45) is 5.73 Å². The van der Waals surface area contributed by atoms with Crippen molar-refractivity contribution in [1.82, 2.24) is 5.32 Å². The van der Waals surface area contributed by atoms with E-state index in [1.54, 1.807) is 30.3 Å². The molecule has 132 valence electrons. The molecule has 0 spiro atoms. The molecule has 6 nitrogen and oxygen atoms in total. The molecular weight excluding hydrogens is 318 g/mol. The third-order valence-corrected chi connectivity index (χ3v) is 3.86. The first-order chi connectivity index (χ1) is 12.1. The fourth-order valence-electron chi connectivity index (χ4n) is 2.39. The van der Waals surface area contributed by atoms with Gasteiger partial charge in [-0.25, -0.2) is 0 Å². The van der Waals surface area contributed by atoms with Crippen molar-refractivity contribution in [2.45, 2.75) is 12.8 Å². The Bertz CT molecular complexity index is 729. The Morgan fingerprint density at radius 1 is 1.12 bits per heavy atom. The van der Waals surface area contributed by atoms with Crippen LogP contribution in [0.2, 0.25) is 0 Å². The second kappa shape index (κ2) is 8.84. The van der Waals surface area contributed by atoms with Crippen molar-refractivity contribution in [2.75, 3.05) is 25.5 Å². The average molecular weight is 341 g/mol. The number of benzene rings is 2. The molecular formula is C19H23N3O3. The smallest absolute Gasteiger partial charge is 0.259 e. The molecule has 4 N–H and O–H groups in total. The van der Waals surface area contributed by atoms with Gasteiger partial charge in [-0.3, -0.25) is 9.59 Å². The van der Waals surface area contributed by atoms with Gasteiger partial charge in [-0.1, -0.05) is 24.3 Å². The van der Waals surface area contributed by atoms with Gasteiger partial charge in [-0.2, -0.15) is 0 Å². The van der Waals surface area contributed by atoms with Crippen LogP contribution in [0, 0.1) is 0 Å². The first-order valence-electron chi connectivity index (χ1n) is 8.09. The number of ether oxygens (including phenoxy) is 1. The summed E-state index contributed by atoms with van der Waals surface area (Å²) < 4.78 is 5.20. The van der Waals surface area contributed by atoms with Crippen LogP contribution in [0.3, 0.4) is 0 Å². The highest BCUT2D eigenvalue weighted by atomic mass is 16.5. The molecule has 6 heteroatoms. The van der Waals surface area contributed by atoms with Crippen LogP contribution in [-0.4, -0.2) is 32.0 Å². The summed E-state index contributed by atoms with van der Waals surface area (Å²) in [5.41, 5.74) is 7.36. The average Bonchev–Trinajstić information content (AvgIpc) is 2.66. The number of methoxy groups -OCH3 is 1. The Hall–Kier alpha value is -2.86. The van der Waals surface area contributed by atoms with Gasteiger partial charge in [-0.15, -0.1) is 0 Å². The topological polar surface area (TPSA) is 93.4 Å². The lowest BCUT2D eigenvalue weighted by molar-refractivity contribution is -0.122. The number of hydrogen-bond acceptors (Lipinski definition) is 4. The van der Waals surface area contributed by atoms with Gasteiger partial charge < -0.3 is 21.1 Å². The highest BCUT2D eigenvalue weighted by molar-refractivity contribution is 6.06. The molecule has 1 unspecified atom stereocenters. The molecule has 0 aliphatic rings. The number of hydrogen-bond donors (Lipinski definition) is 3. The van der Waals surface area contributed by atoms with E-state index < -0.39 is 0 Å². The van der Waals surface area contributed by atoms with E-state index in [9.17, 15) is 9.59 Å². The molecule has 0 saturated heterocycles. The molecule has 0 saturated carbocycles. The maximum Gasteiger partial charge on any atom is 0.259 e. The van der Waals surface area contributed by atoms with Crippen LogP contribution in [-0.2, 0) is 4.79 Å². The van der Waals surface area contributed by atoms with Gasteiger partial charge in [0.25, 0.3) is 5.91 Å². The van der Waals surface area contributed by atoms with Crippen molar-refractivity contribution >= 4 is 17.5 Å². The Morgan fingerprint density at radius 2 is 1.80 bits per heavy atom. The lowest BCUT2D eigenvalue weighted by Gasteiger charge is -2.13. The quantitative estimate of drug-likeness (QED) is 0.719. The van der Waals surface area contributed by atoms with Gasteiger partial charge >= 0.3 is 0 Å². The van der Waals surface area contributed by atoms with E-state index in [1.165, 1.54) is 7.11 Å². The van der Waals surface area contributed by atoms with Crippen molar-refractivity contribution in [1.29, 1.82) is 0 Å². The summed E-state index contributed by atoms with van der Waals surface area (Å²) in [5, 5.41) is 5.59. The molecule has 1 atom stereocenters. The Morgan fingerprint density at radius 3 is 2.44 bits per heavy atom. The third kappa shape index (κ3) is 4.81. The summed E-state index contributed by atoms with van der Waals surface area (Å²) in [6.07, 6.45) is 0. The number of nitrogens with two attached hydrogens (primary N) is 1. The molecule has 0 heterocycles. The minimum atomic E-state index is -0.287. The minimum Gasteiger partial charge on any atom is -0.496 e. The van der Waals surface area contributed by atoms with Crippen LogP contribution < -0.4 is 21.1 Å². The summed E-state index contributed by atoms with van der Waals surface area (Å²) in [6.45, 7) is 2.69. The normalized spacial score (nSPS) is 11.5. The van der Waals surface area contributed by atoms with Crippen molar-refractivity contribution in [3.63, 3.8) is 0 Å². The molecule has 0 aliphatic heterocycles.